The molecule has 0 N–H and O–H groups in total. The van der Waals surface area contributed by atoms with Crippen LogP contribution in [0.1, 0.15) is 24.0 Å². The van der Waals surface area contributed by atoms with Gasteiger partial charge < -0.3 is 0 Å². The lowest BCUT2D eigenvalue weighted by Gasteiger charge is -2.16. The van der Waals surface area contributed by atoms with Crippen molar-refractivity contribution in [1.82, 2.24) is 0 Å². The van der Waals surface area contributed by atoms with Gasteiger partial charge in [0.2, 0.25) is 0 Å². The van der Waals surface area contributed by atoms with E-state index in [9.17, 15) is 0 Å². The highest BCUT2D eigenvalue weighted by Gasteiger charge is 2.21. The second-order valence-electron chi connectivity index (χ2n) is 3.55. The molecule has 2 rings (SSSR count). The molecule has 1 heterocycles. The lowest BCUT2D eigenvalue weighted by Crippen LogP contribution is -2.06. The summed E-state index contributed by atoms with van der Waals surface area (Å²) in [7, 11) is 0. The molecule has 1 aliphatic rings. The Balaban J connectivity index is 2.35. The van der Waals surface area contributed by atoms with Gasteiger partial charge >= 0.3 is 0 Å². The van der Waals surface area contributed by atoms with Crippen LogP contribution in [0.2, 0.25) is 0 Å². The van der Waals surface area contributed by atoms with Crippen molar-refractivity contribution < 1.29 is 0 Å². The van der Waals surface area contributed by atoms with Crippen LogP contribution in [0.3, 0.4) is 0 Å². The maximum atomic E-state index is 2.32. The van der Waals surface area contributed by atoms with E-state index in [4.69, 9.17) is 0 Å². The molecule has 1 aromatic rings. The van der Waals surface area contributed by atoms with Crippen molar-refractivity contribution in [1.29, 1.82) is 0 Å². The number of benzene rings is 1. The normalized spacial score (nSPS) is 26.6. The molecule has 68 valence electrons. The SMILES string of the molecule is Cc1ccccc1C1C=CSC1C. The Morgan fingerprint density at radius 1 is 1.23 bits per heavy atom. The first-order chi connectivity index (χ1) is 6.29. The highest BCUT2D eigenvalue weighted by molar-refractivity contribution is 8.03. The number of allylic oxidation sites excluding steroid dienone is 1. The molecule has 13 heavy (non-hydrogen) atoms. The zero-order valence-electron chi connectivity index (χ0n) is 8.03. The van der Waals surface area contributed by atoms with E-state index in [1.54, 1.807) is 0 Å². The number of rotatable bonds is 1. The van der Waals surface area contributed by atoms with Crippen molar-refractivity contribution >= 4 is 11.8 Å². The average Bonchev–Trinajstić information content (AvgIpc) is 2.52. The second-order valence-corrected chi connectivity index (χ2v) is 4.84. The summed E-state index contributed by atoms with van der Waals surface area (Å²) in [5.74, 6) is 0.617. The van der Waals surface area contributed by atoms with Gasteiger partial charge in [0, 0.05) is 11.2 Å². The molecule has 0 fully saturated rings. The molecular weight excluding hydrogens is 176 g/mol. The van der Waals surface area contributed by atoms with Gasteiger partial charge in [0.05, 0.1) is 0 Å². The summed E-state index contributed by atoms with van der Waals surface area (Å²) in [5.41, 5.74) is 2.89. The van der Waals surface area contributed by atoms with Crippen LogP contribution >= 0.6 is 11.8 Å². The third-order valence-corrected chi connectivity index (χ3v) is 3.67. The van der Waals surface area contributed by atoms with Crippen LogP contribution in [0.15, 0.2) is 35.7 Å². The molecule has 0 radical (unpaired) electrons. The van der Waals surface area contributed by atoms with Crippen molar-refractivity contribution in [3.05, 3.63) is 46.9 Å². The number of aryl methyl sites for hydroxylation is 1. The Morgan fingerprint density at radius 2 is 2.00 bits per heavy atom. The average molecular weight is 190 g/mol. The van der Waals surface area contributed by atoms with E-state index in [2.05, 4.69) is 49.6 Å². The Morgan fingerprint density at radius 3 is 2.62 bits per heavy atom. The summed E-state index contributed by atoms with van der Waals surface area (Å²) < 4.78 is 0. The Hall–Kier alpha value is -0.690. The van der Waals surface area contributed by atoms with Crippen molar-refractivity contribution in [2.45, 2.75) is 25.0 Å². The lowest BCUT2D eigenvalue weighted by atomic mass is 9.93. The fourth-order valence-corrected chi connectivity index (χ4v) is 2.73. The van der Waals surface area contributed by atoms with Gasteiger partial charge in [-0.2, -0.15) is 0 Å². The molecule has 2 atom stereocenters. The summed E-state index contributed by atoms with van der Waals surface area (Å²) in [6.45, 7) is 4.49. The zero-order chi connectivity index (χ0) is 9.26. The van der Waals surface area contributed by atoms with Crippen molar-refractivity contribution in [2.24, 2.45) is 0 Å². The van der Waals surface area contributed by atoms with E-state index in [1.165, 1.54) is 11.1 Å². The first-order valence-corrected chi connectivity index (χ1v) is 5.61. The molecular formula is C12H14S. The van der Waals surface area contributed by atoms with Crippen LogP contribution in [-0.4, -0.2) is 5.25 Å². The summed E-state index contributed by atoms with van der Waals surface area (Å²) >= 11 is 1.93. The first-order valence-electron chi connectivity index (χ1n) is 4.66. The quantitative estimate of drug-likeness (QED) is 0.650. The fourth-order valence-electron chi connectivity index (χ4n) is 1.81. The molecule has 0 aromatic heterocycles. The molecule has 1 aliphatic heterocycles. The van der Waals surface area contributed by atoms with Gasteiger partial charge in [-0.25, -0.2) is 0 Å². The molecule has 0 saturated carbocycles. The molecule has 0 bridgehead atoms. The third-order valence-electron chi connectivity index (χ3n) is 2.63. The fraction of sp³-hybridized carbons (Fsp3) is 0.333. The Bertz CT molecular complexity index is 328. The largest absolute Gasteiger partial charge is 0.130 e. The van der Waals surface area contributed by atoms with Crippen LogP contribution in [0, 0.1) is 6.92 Å². The predicted molar refractivity (Wildman–Crippen MR) is 60.1 cm³/mol. The molecule has 0 spiro atoms. The Labute approximate surface area is 84.0 Å². The number of hydrogen-bond donors (Lipinski definition) is 0. The summed E-state index contributed by atoms with van der Waals surface area (Å²) in [4.78, 5) is 0. The predicted octanol–water partition coefficient (Wildman–Crippen LogP) is 3.73. The van der Waals surface area contributed by atoms with E-state index in [-0.39, 0.29) is 0 Å². The minimum Gasteiger partial charge on any atom is -0.130 e. The van der Waals surface area contributed by atoms with E-state index in [0.29, 0.717) is 11.2 Å². The van der Waals surface area contributed by atoms with Crippen LogP contribution < -0.4 is 0 Å². The minimum atomic E-state index is 0.617. The van der Waals surface area contributed by atoms with Crippen LogP contribution in [0.4, 0.5) is 0 Å². The Kier molecular flexibility index (Phi) is 2.45. The van der Waals surface area contributed by atoms with E-state index >= 15 is 0 Å². The van der Waals surface area contributed by atoms with Crippen molar-refractivity contribution in [3.8, 4) is 0 Å². The van der Waals surface area contributed by atoms with E-state index < -0.39 is 0 Å². The topological polar surface area (TPSA) is 0 Å². The van der Waals surface area contributed by atoms with Gasteiger partial charge in [0.15, 0.2) is 0 Å². The summed E-state index contributed by atoms with van der Waals surface area (Å²) in [5, 5.41) is 2.92. The minimum absolute atomic E-state index is 0.617. The number of hydrogen-bond acceptors (Lipinski definition) is 1. The molecule has 0 aliphatic carbocycles. The van der Waals surface area contributed by atoms with E-state index in [1.807, 2.05) is 11.8 Å². The molecule has 1 heteroatoms. The van der Waals surface area contributed by atoms with Crippen LogP contribution in [-0.2, 0) is 0 Å². The molecule has 1 aromatic carbocycles. The van der Waals surface area contributed by atoms with Crippen molar-refractivity contribution in [3.63, 3.8) is 0 Å². The molecule has 0 saturated heterocycles. The van der Waals surface area contributed by atoms with Crippen LogP contribution in [0.5, 0.6) is 0 Å². The summed E-state index contributed by atoms with van der Waals surface area (Å²) in [6, 6.07) is 8.67. The smallest absolute Gasteiger partial charge is 0.0164 e. The third kappa shape index (κ3) is 1.66. The van der Waals surface area contributed by atoms with Crippen LogP contribution in [0.25, 0.3) is 0 Å². The maximum absolute atomic E-state index is 2.32. The van der Waals surface area contributed by atoms with Gasteiger partial charge in [-0.15, -0.1) is 11.8 Å². The van der Waals surface area contributed by atoms with Gasteiger partial charge in [0.1, 0.15) is 0 Å². The molecule has 0 amide bonds. The standard InChI is InChI=1S/C12H14S/c1-9-5-3-4-6-11(9)12-7-8-13-10(12)2/h3-8,10,12H,1-2H3. The highest BCUT2D eigenvalue weighted by atomic mass is 32.2. The lowest BCUT2D eigenvalue weighted by molar-refractivity contribution is 0.832. The molecule has 2 unspecified atom stereocenters. The maximum Gasteiger partial charge on any atom is 0.0164 e. The van der Waals surface area contributed by atoms with Gasteiger partial charge in [0.25, 0.3) is 0 Å². The first kappa shape index (κ1) is 8.89. The molecule has 0 nitrogen and oxygen atoms in total. The highest BCUT2D eigenvalue weighted by Crippen LogP contribution is 2.37. The second kappa shape index (κ2) is 3.59. The van der Waals surface area contributed by atoms with Gasteiger partial charge in [-0.3, -0.25) is 0 Å². The van der Waals surface area contributed by atoms with Crippen molar-refractivity contribution in [2.75, 3.05) is 0 Å². The monoisotopic (exact) mass is 190 g/mol. The number of thioether (sulfide) groups is 1. The van der Waals surface area contributed by atoms with Gasteiger partial charge in [-0.1, -0.05) is 37.3 Å². The van der Waals surface area contributed by atoms with Gasteiger partial charge in [-0.05, 0) is 23.5 Å². The zero-order valence-corrected chi connectivity index (χ0v) is 8.84. The summed E-state index contributed by atoms with van der Waals surface area (Å²) in [6.07, 6.45) is 2.32. The van der Waals surface area contributed by atoms with E-state index in [0.717, 1.165) is 0 Å².